The number of carbonyl (C=O) groups excluding carboxylic acids is 1. The van der Waals surface area contributed by atoms with Crippen LogP contribution in [-0.4, -0.2) is 38.2 Å². The number of hydrogen-bond donors (Lipinski definition) is 2. The van der Waals surface area contributed by atoms with Gasteiger partial charge < -0.3 is 10.6 Å². The van der Waals surface area contributed by atoms with Crippen molar-refractivity contribution in [2.24, 2.45) is 0 Å². The Bertz CT molecular complexity index is 574. The fraction of sp³-hybridized carbons (Fsp3) is 0.429. The molecule has 1 saturated carbocycles. The van der Waals surface area contributed by atoms with Crippen LogP contribution in [0.5, 0.6) is 0 Å². The molecule has 0 radical (unpaired) electrons. The number of rotatable bonds is 5. The molecule has 7 nitrogen and oxygen atoms in total. The molecule has 7 heteroatoms. The standard InChI is InChI=1S/C14H18N6O/c21-14(8-16-11-3-1-2-4-11)19-12-5-6-13(17-7-12)20-10-15-9-18-20/h5-7,9-11,16H,1-4,8H2,(H,19,21). The van der Waals surface area contributed by atoms with Gasteiger partial charge in [-0.15, -0.1) is 0 Å². The molecule has 0 spiro atoms. The van der Waals surface area contributed by atoms with Crippen LogP contribution < -0.4 is 10.6 Å². The predicted molar refractivity (Wildman–Crippen MR) is 78.0 cm³/mol. The van der Waals surface area contributed by atoms with Crippen molar-refractivity contribution in [1.82, 2.24) is 25.1 Å². The summed E-state index contributed by atoms with van der Waals surface area (Å²) in [5, 5.41) is 10.1. The van der Waals surface area contributed by atoms with Gasteiger partial charge in [0.05, 0.1) is 18.4 Å². The molecule has 0 unspecified atom stereocenters. The number of hydrogen-bond acceptors (Lipinski definition) is 5. The summed E-state index contributed by atoms with van der Waals surface area (Å²) in [5.41, 5.74) is 0.678. The lowest BCUT2D eigenvalue weighted by molar-refractivity contribution is -0.115. The summed E-state index contributed by atoms with van der Waals surface area (Å²) in [6.45, 7) is 0.343. The molecule has 110 valence electrons. The van der Waals surface area contributed by atoms with Crippen LogP contribution >= 0.6 is 0 Å². The molecule has 0 aliphatic heterocycles. The Morgan fingerprint density at radius 3 is 2.86 bits per heavy atom. The highest BCUT2D eigenvalue weighted by Gasteiger charge is 2.15. The van der Waals surface area contributed by atoms with Gasteiger partial charge in [0.2, 0.25) is 5.91 Å². The van der Waals surface area contributed by atoms with E-state index in [1.807, 2.05) is 0 Å². The zero-order valence-corrected chi connectivity index (χ0v) is 11.7. The minimum absolute atomic E-state index is 0.0443. The minimum atomic E-state index is -0.0443. The van der Waals surface area contributed by atoms with Gasteiger partial charge in [-0.25, -0.2) is 14.6 Å². The molecular weight excluding hydrogens is 268 g/mol. The lowest BCUT2D eigenvalue weighted by Gasteiger charge is -2.11. The maximum atomic E-state index is 11.9. The summed E-state index contributed by atoms with van der Waals surface area (Å²) in [4.78, 5) is 20.0. The zero-order chi connectivity index (χ0) is 14.5. The number of anilines is 1. The lowest BCUT2D eigenvalue weighted by atomic mass is 10.2. The number of nitrogens with zero attached hydrogens (tertiary/aromatic N) is 4. The van der Waals surface area contributed by atoms with Crippen molar-refractivity contribution in [3.8, 4) is 5.82 Å². The van der Waals surface area contributed by atoms with Crippen LogP contribution in [-0.2, 0) is 4.79 Å². The van der Waals surface area contributed by atoms with Crippen molar-refractivity contribution in [2.45, 2.75) is 31.7 Å². The fourth-order valence-electron chi connectivity index (χ4n) is 2.49. The second kappa shape index (κ2) is 6.45. The Balaban J connectivity index is 1.51. The summed E-state index contributed by atoms with van der Waals surface area (Å²) >= 11 is 0. The van der Waals surface area contributed by atoms with Crippen LogP contribution in [0.4, 0.5) is 5.69 Å². The summed E-state index contributed by atoms with van der Waals surface area (Å²) in [6, 6.07) is 4.08. The summed E-state index contributed by atoms with van der Waals surface area (Å²) in [6.07, 6.45) is 9.49. The van der Waals surface area contributed by atoms with Crippen molar-refractivity contribution in [3.63, 3.8) is 0 Å². The molecule has 1 aliphatic rings. The maximum absolute atomic E-state index is 11.9. The maximum Gasteiger partial charge on any atom is 0.238 e. The van der Waals surface area contributed by atoms with E-state index in [1.165, 1.54) is 32.0 Å². The Labute approximate surface area is 122 Å². The number of nitrogens with one attached hydrogen (secondary N) is 2. The Morgan fingerprint density at radius 2 is 2.19 bits per heavy atom. The SMILES string of the molecule is O=C(CNC1CCCC1)Nc1ccc(-n2cncn2)nc1. The van der Waals surface area contributed by atoms with Crippen LogP contribution in [0, 0.1) is 0 Å². The number of amides is 1. The fourth-order valence-corrected chi connectivity index (χ4v) is 2.49. The number of pyridine rings is 1. The van der Waals surface area contributed by atoms with Gasteiger partial charge >= 0.3 is 0 Å². The molecule has 21 heavy (non-hydrogen) atoms. The first kappa shape index (κ1) is 13.7. The molecule has 0 atom stereocenters. The third-order valence-electron chi connectivity index (χ3n) is 3.59. The Morgan fingerprint density at radius 1 is 1.33 bits per heavy atom. The van der Waals surface area contributed by atoms with E-state index in [1.54, 1.807) is 29.3 Å². The van der Waals surface area contributed by atoms with Crippen molar-refractivity contribution < 1.29 is 4.79 Å². The van der Waals surface area contributed by atoms with Crippen LogP contribution in [0.1, 0.15) is 25.7 Å². The first-order valence-corrected chi connectivity index (χ1v) is 7.15. The van der Waals surface area contributed by atoms with Crippen molar-refractivity contribution >= 4 is 11.6 Å². The highest BCUT2D eigenvalue weighted by atomic mass is 16.1. The van der Waals surface area contributed by atoms with Gasteiger partial charge in [-0.05, 0) is 25.0 Å². The number of carbonyl (C=O) groups is 1. The molecule has 1 fully saturated rings. The summed E-state index contributed by atoms with van der Waals surface area (Å²) in [5.74, 6) is 0.617. The highest BCUT2D eigenvalue weighted by molar-refractivity contribution is 5.92. The Kier molecular flexibility index (Phi) is 4.20. The molecule has 1 aliphatic carbocycles. The molecule has 2 aromatic rings. The van der Waals surface area contributed by atoms with Crippen molar-refractivity contribution in [3.05, 3.63) is 31.0 Å². The molecular formula is C14H18N6O. The monoisotopic (exact) mass is 286 g/mol. The highest BCUT2D eigenvalue weighted by Crippen LogP contribution is 2.17. The number of aromatic nitrogens is 4. The largest absolute Gasteiger partial charge is 0.324 e. The summed E-state index contributed by atoms with van der Waals surface area (Å²) < 4.78 is 1.56. The van der Waals surface area contributed by atoms with Crippen molar-refractivity contribution in [1.29, 1.82) is 0 Å². The van der Waals surface area contributed by atoms with Crippen LogP contribution in [0.15, 0.2) is 31.0 Å². The van der Waals surface area contributed by atoms with E-state index in [9.17, 15) is 4.79 Å². The molecule has 2 N–H and O–H groups in total. The van der Waals surface area contributed by atoms with Crippen molar-refractivity contribution in [2.75, 3.05) is 11.9 Å². The minimum Gasteiger partial charge on any atom is -0.324 e. The molecule has 2 heterocycles. The van der Waals surface area contributed by atoms with E-state index in [0.29, 0.717) is 24.1 Å². The van der Waals surface area contributed by atoms with E-state index in [0.717, 1.165) is 0 Å². The second-order valence-electron chi connectivity index (χ2n) is 5.16. The smallest absolute Gasteiger partial charge is 0.238 e. The zero-order valence-electron chi connectivity index (χ0n) is 11.7. The van der Waals surface area contributed by atoms with Gasteiger partial charge in [0, 0.05) is 6.04 Å². The average molecular weight is 286 g/mol. The van der Waals surface area contributed by atoms with E-state index in [4.69, 9.17) is 0 Å². The molecule has 0 aromatic carbocycles. The third-order valence-corrected chi connectivity index (χ3v) is 3.59. The van der Waals surface area contributed by atoms with E-state index in [-0.39, 0.29) is 5.91 Å². The average Bonchev–Trinajstić information content (AvgIpc) is 3.19. The van der Waals surface area contributed by atoms with Gasteiger partial charge in [-0.1, -0.05) is 12.8 Å². The van der Waals surface area contributed by atoms with E-state index in [2.05, 4.69) is 25.7 Å². The third kappa shape index (κ3) is 3.63. The van der Waals surface area contributed by atoms with Gasteiger partial charge in [0.25, 0.3) is 0 Å². The molecule has 0 bridgehead atoms. The Hall–Kier alpha value is -2.28. The van der Waals surface area contributed by atoms with Crippen LogP contribution in [0.3, 0.4) is 0 Å². The first-order valence-electron chi connectivity index (χ1n) is 7.15. The van der Waals surface area contributed by atoms with Gasteiger partial charge in [-0.2, -0.15) is 5.10 Å². The van der Waals surface area contributed by atoms with Crippen LogP contribution in [0.25, 0.3) is 5.82 Å². The molecule has 1 amide bonds. The first-order chi connectivity index (χ1) is 10.3. The van der Waals surface area contributed by atoms with Gasteiger partial charge in [0.15, 0.2) is 5.82 Å². The second-order valence-corrected chi connectivity index (χ2v) is 5.16. The van der Waals surface area contributed by atoms with Gasteiger partial charge in [-0.3, -0.25) is 4.79 Å². The lowest BCUT2D eigenvalue weighted by Crippen LogP contribution is -2.34. The van der Waals surface area contributed by atoms with Gasteiger partial charge in [0.1, 0.15) is 12.7 Å². The van der Waals surface area contributed by atoms with E-state index >= 15 is 0 Å². The topological polar surface area (TPSA) is 84.7 Å². The molecule has 2 aromatic heterocycles. The summed E-state index contributed by atoms with van der Waals surface area (Å²) in [7, 11) is 0. The quantitative estimate of drug-likeness (QED) is 0.860. The van der Waals surface area contributed by atoms with E-state index < -0.39 is 0 Å². The molecule has 3 rings (SSSR count). The normalized spacial score (nSPS) is 15.2. The van der Waals surface area contributed by atoms with Crippen LogP contribution in [0.2, 0.25) is 0 Å². The predicted octanol–water partition coefficient (Wildman–Crippen LogP) is 1.13. The molecule has 0 saturated heterocycles.